The summed E-state index contributed by atoms with van der Waals surface area (Å²) in [6.07, 6.45) is 3.24. The molecule has 1 aliphatic carbocycles. The number of benzene rings is 1. The molecule has 1 fully saturated rings. The lowest BCUT2D eigenvalue weighted by atomic mass is 9.77. The Morgan fingerprint density at radius 3 is 2.50 bits per heavy atom. The first-order chi connectivity index (χ1) is 8.69. The number of methoxy groups -OCH3 is 1. The summed E-state index contributed by atoms with van der Waals surface area (Å²) in [5, 5.41) is 12.7. The number of esters is 1. The minimum absolute atomic E-state index is 0.0823. The average Bonchev–Trinajstić information content (AvgIpc) is 2.38. The molecule has 4 heteroatoms. The van der Waals surface area contributed by atoms with Gasteiger partial charge in [0.15, 0.2) is 0 Å². The summed E-state index contributed by atoms with van der Waals surface area (Å²) in [6.45, 7) is 0.898. The number of aliphatic hydroxyl groups is 1. The first kappa shape index (κ1) is 13.1. The van der Waals surface area contributed by atoms with Crippen LogP contribution in [0.25, 0.3) is 0 Å². The van der Waals surface area contributed by atoms with Crippen molar-refractivity contribution < 1.29 is 14.6 Å². The fraction of sp³-hybridized carbons (Fsp3) is 0.500. The van der Waals surface area contributed by atoms with Crippen LogP contribution in [0.3, 0.4) is 0 Å². The van der Waals surface area contributed by atoms with Crippen LogP contribution in [0.2, 0.25) is 0 Å². The molecular formula is C14H19NO3. The lowest BCUT2D eigenvalue weighted by molar-refractivity contribution is 0.0600. The van der Waals surface area contributed by atoms with Gasteiger partial charge in [0.1, 0.15) is 0 Å². The van der Waals surface area contributed by atoms with Crippen LogP contribution in [-0.2, 0) is 11.3 Å². The topological polar surface area (TPSA) is 58.6 Å². The van der Waals surface area contributed by atoms with E-state index in [-0.39, 0.29) is 18.1 Å². The molecule has 0 bridgehead atoms. The highest BCUT2D eigenvalue weighted by Gasteiger charge is 2.35. The number of carbonyl (C=O) groups is 1. The Morgan fingerprint density at radius 2 is 2.06 bits per heavy atom. The van der Waals surface area contributed by atoms with Crippen LogP contribution in [0.5, 0.6) is 0 Å². The molecule has 2 rings (SSSR count). The summed E-state index contributed by atoms with van der Waals surface area (Å²) in [7, 11) is 1.37. The van der Waals surface area contributed by atoms with Crippen molar-refractivity contribution in [2.75, 3.05) is 13.7 Å². The smallest absolute Gasteiger partial charge is 0.337 e. The van der Waals surface area contributed by atoms with E-state index >= 15 is 0 Å². The van der Waals surface area contributed by atoms with Crippen molar-refractivity contribution in [1.29, 1.82) is 0 Å². The molecule has 4 nitrogen and oxygen atoms in total. The molecule has 0 aliphatic heterocycles. The van der Waals surface area contributed by atoms with Gasteiger partial charge in [0.05, 0.1) is 19.3 Å². The monoisotopic (exact) mass is 249 g/mol. The molecule has 0 saturated heterocycles. The second kappa shape index (κ2) is 5.50. The lowest BCUT2D eigenvalue weighted by Gasteiger charge is -2.41. The molecule has 0 radical (unpaired) electrons. The molecule has 0 unspecified atom stereocenters. The summed E-state index contributed by atoms with van der Waals surface area (Å²) in [4.78, 5) is 11.3. The normalized spacial score (nSPS) is 17.0. The molecule has 0 amide bonds. The number of aliphatic hydroxyl groups excluding tert-OH is 1. The maximum absolute atomic E-state index is 11.3. The number of rotatable bonds is 5. The quantitative estimate of drug-likeness (QED) is 0.776. The SMILES string of the molecule is COC(=O)c1ccc(CNC2(CO)CCC2)cc1. The molecule has 1 aliphatic rings. The van der Waals surface area contributed by atoms with Gasteiger partial charge in [-0.2, -0.15) is 0 Å². The van der Waals surface area contributed by atoms with Gasteiger partial charge in [-0.3, -0.25) is 0 Å². The summed E-state index contributed by atoms with van der Waals surface area (Å²) in [5.41, 5.74) is 1.57. The standard InChI is InChI=1S/C14H19NO3/c1-18-13(17)12-5-3-11(4-6-12)9-15-14(10-16)7-2-8-14/h3-6,15-16H,2,7-10H2,1H3. The van der Waals surface area contributed by atoms with Crippen LogP contribution in [0, 0.1) is 0 Å². The molecule has 1 saturated carbocycles. The zero-order valence-electron chi connectivity index (χ0n) is 10.6. The molecule has 2 N–H and O–H groups in total. The fourth-order valence-corrected chi connectivity index (χ4v) is 2.16. The zero-order chi connectivity index (χ0) is 13.0. The molecule has 18 heavy (non-hydrogen) atoms. The van der Waals surface area contributed by atoms with Gasteiger partial charge in [0.25, 0.3) is 0 Å². The van der Waals surface area contributed by atoms with Crippen molar-refractivity contribution in [3.05, 3.63) is 35.4 Å². The first-order valence-corrected chi connectivity index (χ1v) is 6.22. The number of ether oxygens (including phenoxy) is 1. The minimum atomic E-state index is -0.319. The van der Waals surface area contributed by atoms with E-state index < -0.39 is 0 Å². The Bertz CT molecular complexity index is 404. The molecule has 1 aromatic carbocycles. The maximum Gasteiger partial charge on any atom is 0.337 e. The largest absolute Gasteiger partial charge is 0.465 e. The van der Waals surface area contributed by atoms with E-state index in [9.17, 15) is 9.90 Å². The summed E-state index contributed by atoms with van der Waals surface area (Å²) < 4.78 is 4.65. The van der Waals surface area contributed by atoms with E-state index in [0.29, 0.717) is 12.1 Å². The van der Waals surface area contributed by atoms with Gasteiger partial charge in [0.2, 0.25) is 0 Å². The molecule has 0 aromatic heterocycles. The molecule has 98 valence electrons. The van der Waals surface area contributed by atoms with Crippen LogP contribution in [0.1, 0.15) is 35.2 Å². The lowest BCUT2D eigenvalue weighted by Crippen LogP contribution is -2.53. The van der Waals surface area contributed by atoms with Crippen LogP contribution in [-0.4, -0.2) is 30.3 Å². The first-order valence-electron chi connectivity index (χ1n) is 6.22. The minimum Gasteiger partial charge on any atom is -0.465 e. The van der Waals surface area contributed by atoms with Gasteiger partial charge in [-0.15, -0.1) is 0 Å². The summed E-state index contributed by atoms with van der Waals surface area (Å²) in [6, 6.07) is 7.33. The number of carbonyl (C=O) groups excluding carboxylic acids is 1. The second-order valence-electron chi connectivity index (χ2n) is 4.83. The average molecular weight is 249 g/mol. The van der Waals surface area contributed by atoms with E-state index in [2.05, 4.69) is 10.1 Å². The summed E-state index contributed by atoms with van der Waals surface area (Å²) in [5.74, 6) is -0.319. The van der Waals surface area contributed by atoms with Gasteiger partial charge in [-0.05, 0) is 37.0 Å². The van der Waals surface area contributed by atoms with Gasteiger partial charge in [-0.25, -0.2) is 4.79 Å². The Balaban J connectivity index is 1.92. The second-order valence-corrected chi connectivity index (χ2v) is 4.83. The number of hydrogen-bond acceptors (Lipinski definition) is 4. The van der Waals surface area contributed by atoms with Crippen LogP contribution in [0.4, 0.5) is 0 Å². The van der Waals surface area contributed by atoms with Gasteiger partial charge in [-0.1, -0.05) is 12.1 Å². The van der Waals surface area contributed by atoms with Crippen molar-refractivity contribution in [2.24, 2.45) is 0 Å². The van der Waals surface area contributed by atoms with Crippen LogP contribution >= 0.6 is 0 Å². The van der Waals surface area contributed by atoms with Crippen LogP contribution < -0.4 is 5.32 Å². The third-order valence-electron chi connectivity index (χ3n) is 3.66. The Morgan fingerprint density at radius 1 is 1.39 bits per heavy atom. The fourth-order valence-electron chi connectivity index (χ4n) is 2.16. The van der Waals surface area contributed by atoms with E-state index in [1.807, 2.05) is 12.1 Å². The van der Waals surface area contributed by atoms with E-state index in [0.717, 1.165) is 18.4 Å². The van der Waals surface area contributed by atoms with Gasteiger partial charge in [0, 0.05) is 12.1 Å². The van der Waals surface area contributed by atoms with E-state index in [1.165, 1.54) is 13.5 Å². The van der Waals surface area contributed by atoms with Crippen molar-refractivity contribution in [1.82, 2.24) is 5.32 Å². The molecule has 1 aromatic rings. The van der Waals surface area contributed by atoms with Crippen molar-refractivity contribution in [2.45, 2.75) is 31.3 Å². The van der Waals surface area contributed by atoms with E-state index in [1.54, 1.807) is 12.1 Å². The van der Waals surface area contributed by atoms with Gasteiger partial charge >= 0.3 is 5.97 Å². The predicted molar refractivity (Wildman–Crippen MR) is 68.3 cm³/mol. The molecule has 0 spiro atoms. The highest BCUT2D eigenvalue weighted by atomic mass is 16.5. The number of hydrogen-bond donors (Lipinski definition) is 2. The third kappa shape index (κ3) is 2.71. The Labute approximate surface area is 107 Å². The molecular weight excluding hydrogens is 230 g/mol. The van der Waals surface area contributed by atoms with Crippen molar-refractivity contribution in [3.63, 3.8) is 0 Å². The van der Waals surface area contributed by atoms with Crippen LogP contribution in [0.15, 0.2) is 24.3 Å². The number of nitrogens with one attached hydrogen (secondary N) is 1. The van der Waals surface area contributed by atoms with Crippen molar-refractivity contribution in [3.8, 4) is 0 Å². The molecule has 0 heterocycles. The predicted octanol–water partition coefficient (Wildman–Crippen LogP) is 1.48. The Hall–Kier alpha value is -1.39. The highest BCUT2D eigenvalue weighted by molar-refractivity contribution is 5.89. The van der Waals surface area contributed by atoms with E-state index in [4.69, 9.17) is 0 Å². The molecule has 0 atom stereocenters. The maximum atomic E-state index is 11.3. The van der Waals surface area contributed by atoms with Crippen molar-refractivity contribution >= 4 is 5.97 Å². The zero-order valence-corrected chi connectivity index (χ0v) is 10.6. The van der Waals surface area contributed by atoms with Gasteiger partial charge < -0.3 is 15.2 Å². The summed E-state index contributed by atoms with van der Waals surface area (Å²) >= 11 is 0. The highest BCUT2D eigenvalue weighted by Crippen LogP contribution is 2.31. The third-order valence-corrected chi connectivity index (χ3v) is 3.66. The Kier molecular flexibility index (Phi) is 3.99.